The number of ether oxygens (including phenoxy) is 1. The van der Waals surface area contributed by atoms with Crippen molar-refractivity contribution in [2.45, 2.75) is 39.2 Å². The average molecular weight is 440 g/mol. The highest BCUT2D eigenvalue weighted by atomic mass is 19.1. The summed E-state index contributed by atoms with van der Waals surface area (Å²) in [4.78, 5) is 22.4. The number of anilines is 2. The van der Waals surface area contributed by atoms with Gasteiger partial charge in [0, 0.05) is 36.2 Å². The van der Waals surface area contributed by atoms with Gasteiger partial charge in [-0.3, -0.25) is 10.2 Å². The standard InChI is InChI=1S/C22H25FN6O3/c1-22(2,3)17-10-18(28-32-17)27-21(30)29-8-7-14-15(29)5-6-16(20(14)23)31-19-9-13(11-24-4)25-12-26-19/h5-6,9-10,12,24H,7-8,11H2,1-4H3,(H,27,28,30). The van der Waals surface area contributed by atoms with Crippen molar-refractivity contribution in [1.29, 1.82) is 0 Å². The Labute approximate surface area is 185 Å². The van der Waals surface area contributed by atoms with E-state index >= 15 is 4.39 Å². The molecule has 9 nitrogen and oxygen atoms in total. The van der Waals surface area contributed by atoms with Crippen molar-refractivity contribution in [3.63, 3.8) is 0 Å². The van der Waals surface area contributed by atoms with Crippen molar-refractivity contribution < 1.29 is 18.4 Å². The summed E-state index contributed by atoms with van der Waals surface area (Å²) in [5.74, 6) is 0.756. The molecule has 0 bridgehead atoms. The van der Waals surface area contributed by atoms with Crippen LogP contribution in [0, 0.1) is 5.82 Å². The van der Waals surface area contributed by atoms with E-state index in [0.29, 0.717) is 42.3 Å². The number of amides is 2. The zero-order valence-electron chi connectivity index (χ0n) is 18.4. The van der Waals surface area contributed by atoms with Crippen LogP contribution in [-0.4, -0.2) is 34.7 Å². The summed E-state index contributed by atoms with van der Waals surface area (Å²) in [5, 5.41) is 9.61. The highest BCUT2D eigenvalue weighted by Gasteiger charge is 2.30. The number of carbonyl (C=O) groups is 1. The number of benzene rings is 1. The Morgan fingerprint density at radius 1 is 1.28 bits per heavy atom. The second kappa shape index (κ2) is 8.54. The van der Waals surface area contributed by atoms with Gasteiger partial charge in [-0.05, 0) is 25.6 Å². The molecule has 10 heteroatoms. The molecule has 2 N–H and O–H groups in total. The topological polar surface area (TPSA) is 105 Å². The smallest absolute Gasteiger partial charge is 0.327 e. The van der Waals surface area contributed by atoms with Gasteiger partial charge in [0.05, 0.1) is 11.4 Å². The SMILES string of the molecule is CNCc1cc(Oc2ccc3c(c2F)CCN3C(=O)Nc2cc(C(C)(C)C)on2)ncn1. The first-order valence-corrected chi connectivity index (χ1v) is 10.3. The lowest BCUT2D eigenvalue weighted by molar-refractivity contribution is 0.257. The second-order valence-corrected chi connectivity index (χ2v) is 8.51. The predicted molar refractivity (Wildman–Crippen MR) is 117 cm³/mol. The molecule has 2 amide bonds. The molecule has 0 spiro atoms. The number of halogens is 1. The van der Waals surface area contributed by atoms with Crippen molar-refractivity contribution in [1.82, 2.24) is 20.4 Å². The Balaban J connectivity index is 1.50. The van der Waals surface area contributed by atoms with Crippen LogP contribution in [0.4, 0.5) is 20.7 Å². The van der Waals surface area contributed by atoms with E-state index < -0.39 is 11.8 Å². The van der Waals surface area contributed by atoms with Crippen LogP contribution < -0.4 is 20.3 Å². The third-order valence-corrected chi connectivity index (χ3v) is 5.06. The van der Waals surface area contributed by atoms with Crippen LogP contribution in [-0.2, 0) is 18.4 Å². The minimum atomic E-state index is -0.511. The molecule has 4 rings (SSSR count). The van der Waals surface area contributed by atoms with Crippen LogP contribution in [0.25, 0.3) is 0 Å². The number of hydrogen-bond acceptors (Lipinski definition) is 7. The van der Waals surface area contributed by atoms with Crippen LogP contribution in [0.3, 0.4) is 0 Å². The molecule has 1 aliphatic heterocycles. The van der Waals surface area contributed by atoms with Gasteiger partial charge in [0.1, 0.15) is 12.1 Å². The molecular formula is C22H25FN6O3. The quantitative estimate of drug-likeness (QED) is 0.618. The number of carbonyl (C=O) groups excluding carboxylic acids is 1. The fourth-order valence-corrected chi connectivity index (χ4v) is 3.40. The van der Waals surface area contributed by atoms with Gasteiger partial charge >= 0.3 is 6.03 Å². The van der Waals surface area contributed by atoms with Crippen molar-refractivity contribution in [3.8, 4) is 11.6 Å². The molecule has 32 heavy (non-hydrogen) atoms. The van der Waals surface area contributed by atoms with Crippen molar-refractivity contribution in [2.24, 2.45) is 0 Å². The van der Waals surface area contributed by atoms with Crippen LogP contribution >= 0.6 is 0 Å². The fraction of sp³-hybridized carbons (Fsp3) is 0.364. The van der Waals surface area contributed by atoms with Gasteiger partial charge in [0.15, 0.2) is 17.4 Å². The molecule has 3 heterocycles. The molecule has 0 fully saturated rings. The van der Waals surface area contributed by atoms with Crippen molar-refractivity contribution in [3.05, 3.63) is 53.4 Å². The maximum absolute atomic E-state index is 15.1. The molecule has 0 unspecified atom stereocenters. The summed E-state index contributed by atoms with van der Waals surface area (Å²) >= 11 is 0. The summed E-state index contributed by atoms with van der Waals surface area (Å²) in [6.45, 7) is 6.84. The molecule has 0 radical (unpaired) electrons. The van der Waals surface area contributed by atoms with Gasteiger partial charge in [0.2, 0.25) is 5.88 Å². The van der Waals surface area contributed by atoms with E-state index in [1.807, 2.05) is 20.8 Å². The Bertz CT molecular complexity index is 1140. The zero-order chi connectivity index (χ0) is 22.9. The first-order valence-electron chi connectivity index (χ1n) is 10.3. The lowest BCUT2D eigenvalue weighted by atomic mass is 9.93. The molecule has 1 aromatic carbocycles. The minimum absolute atomic E-state index is 0.0476. The largest absolute Gasteiger partial charge is 0.436 e. The van der Waals surface area contributed by atoms with Gasteiger partial charge < -0.3 is 14.6 Å². The summed E-state index contributed by atoms with van der Waals surface area (Å²) in [6.07, 6.45) is 1.74. The number of aromatic nitrogens is 3. The summed E-state index contributed by atoms with van der Waals surface area (Å²) in [6, 6.07) is 6.09. The van der Waals surface area contributed by atoms with E-state index in [1.165, 1.54) is 17.3 Å². The molecule has 0 atom stereocenters. The summed E-state index contributed by atoms with van der Waals surface area (Å²) in [5.41, 5.74) is 1.40. The highest BCUT2D eigenvalue weighted by Crippen LogP contribution is 2.36. The van der Waals surface area contributed by atoms with E-state index in [0.717, 1.165) is 5.69 Å². The zero-order valence-corrected chi connectivity index (χ0v) is 18.4. The third-order valence-electron chi connectivity index (χ3n) is 5.06. The van der Waals surface area contributed by atoms with E-state index in [-0.39, 0.29) is 17.0 Å². The Hall–Kier alpha value is -3.53. The molecule has 0 saturated carbocycles. The van der Waals surface area contributed by atoms with Crippen molar-refractivity contribution >= 4 is 17.5 Å². The van der Waals surface area contributed by atoms with Gasteiger partial charge in [-0.1, -0.05) is 25.9 Å². The lowest BCUT2D eigenvalue weighted by Crippen LogP contribution is -2.33. The number of nitrogens with one attached hydrogen (secondary N) is 2. The summed E-state index contributed by atoms with van der Waals surface area (Å²) in [7, 11) is 1.80. The van der Waals surface area contributed by atoms with Crippen molar-refractivity contribution in [2.75, 3.05) is 23.8 Å². The van der Waals surface area contributed by atoms with E-state index in [2.05, 4.69) is 25.8 Å². The monoisotopic (exact) mass is 440 g/mol. The minimum Gasteiger partial charge on any atom is -0.436 e. The number of nitrogens with zero attached hydrogens (tertiary/aromatic N) is 4. The van der Waals surface area contributed by atoms with Gasteiger partial charge in [-0.2, -0.15) is 0 Å². The van der Waals surface area contributed by atoms with Crippen LogP contribution in [0.5, 0.6) is 11.6 Å². The van der Waals surface area contributed by atoms with Gasteiger partial charge in [0.25, 0.3) is 0 Å². The lowest BCUT2D eigenvalue weighted by Gasteiger charge is -2.17. The molecule has 1 aliphatic rings. The van der Waals surface area contributed by atoms with Gasteiger partial charge in [-0.25, -0.2) is 19.2 Å². The maximum Gasteiger partial charge on any atom is 0.327 e. The normalized spacial score (nSPS) is 13.2. The third kappa shape index (κ3) is 4.40. The fourth-order valence-electron chi connectivity index (χ4n) is 3.40. The van der Waals surface area contributed by atoms with E-state index in [4.69, 9.17) is 9.26 Å². The number of urea groups is 1. The molecule has 168 valence electrons. The molecular weight excluding hydrogens is 415 g/mol. The summed E-state index contributed by atoms with van der Waals surface area (Å²) < 4.78 is 26.1. The number of hydrogen-bond donors (Lipinski definition) is 2. The first kappa shape index (κ1) is 21.7. The Morgan fingerprint density at radius 3 is 2.81 bits per heavy atom. The molecule has 0 aliphatic carbocycles. The van der Waals surface area contributed by atoms with Gasteiger partial charge in [-0.15, -0.1) is 0 Å². The highest BCUT2D eigenvalue weighted by molar-refractivity contribution is 6.02. The van der Waals surface area contributed by atoms with E-state index in [9.17, 15) is 4.79 Å². The van der Waals surface area contributed by atoms with Crippen LogP contribution in [0.1, 0.15) is 37.8 Å². The predicted octanol–water partition coefficient (Wildman–Crippen LogP) is 4.01. The Kier molecular flexibility index (Phi) is 5.79. The molecule has 2 aromatic heterocycles. The average Bonchev–Trinajstić information content (AvgIpc) is 3.38. The number of fused-ring (bicyclic) bond motifs is 1. The van der Waals surface area contributed by atoms with Crippen LogP contribution in [0.15, 0.2) is 35.1 Å². The van der Waals surface area contributed by atoms with Crippen LogP contribution in [0.2, 0.25) is 0 Å². The molecule has 0 saturated heterocycles. The maximum atomic E-state index is 15.1. The number of rotatable bonds is 5. The second-order valence-electron chi connectivity index (χ2n) is 8.51. The van der Waals surface area contributed by atoms with E-state index in [1.54, 1.807) is 25.2 Å². The molecule has 3 aromatic rings. The first-order chi connectivity index (χ1) is 15.3. The Morgan fingerprint density at radius 2 is 2.09 bits per heavy atom.